The van der Waals surface area contributed by atoms with E-state index < -0.39 is 5.97 Å². The van der Waals surface area contributed by atoms with Gasteiger partial charge in [0.15, 0.2) is 0 Å². The Morgan fingerprint density at radius 2 is 1.33 bits per heavy atom. The molecule has 0 amide bonds. The Kier molecular flexibility index (Phi) is 12.3. The van der Waals surface area contributed by atoms with Crippen molar-refractivity contribution < 1.29 is 14.2 Å². The number of rotatable bonds is 14. The lowest BCUT2D eigenvalue weighted by Crippen LogP contribution is -2.44. The molecular weight excluding hydrogens is 266 g/mol. The predicted molar refractivity (Wildman–Crippen MR) is 88.1 cm³/mol. The second kappa shape index (κ2) is 12.4. The van der Waals surface area contributed by atoms with Gasteiger partial charge in [0.05, 0.1) is 0 Å². The topological polar surface area (TPSA) is 53.7 Å². The molecule has 0 aromatic carbocycles. The van der Waals surface area contributed by atoms with Crippen molar-refractivity contribution in [3.63, 3.8) is 0 Å². The summed E-state index contributed by atoms with van der Waals surface area (Å²) in [6, 6.07) is 0.195. The molecule has 2 unspecified atom stereocenters. The molecule has 0 aliphatic rings. The summed E-state index contributed by atoms with van der Waals surface area (Å²) >= 11 is 0. The van der Waals surface area contributed by atoms with Crippen molar-refractivity contribution in [3.8, 4) is 0 Å². The molecule has 0 aromatic rings. The van der Waals surface area contributed by atoms with Gasteiger partial charge in [0.2, 0.25) is 0 Å². The maximum absolute atomic E-state index is 5.90. The molecule has 0 aliphatic heterocycles. The fourth-order valence-corrected chi connectivity index (χ4v) is 2.88. The Bertz CT molecular complexity index is 222. The van der Waals surface area contributed by atoms with Crippen LogP contribution in [0.15, 0.2) is 0 Å². The van der Waals surface area contributed by atoms with Gasteiger partial charge in [-0.2, -0.15) is 0 Å². The summed E-state index contributed by atoms with van der Waals surface area (Å²) in [5.41, 5.74) is 5.90. The molecule has 21 heavy (non-hydrogen) atoms. The van der Waals surface area contributed by atoms with E-state index >= 15 is 0 Å². The van der Waals surface area contributed by atoms with Crippen molar-refractivity contribution in [3.05, 3.63) is 0 Å². The van der Waals surface area contributed by atoms with Gasteiger partial charge in [0.25, 0.3) is 5.97 Å². The number of ether oxygens (including phenoxy) is 3. The van der Waals surface area contributed by atoms with Crippen molar-refractivity contribution in [2.45, 2.75) is 83.6 Å². The summed E-state index contributed by atoms with van der Waals surface area (Å²) in [6.45, 7) is 4.28. The highest BCUT2D eigenvalue weighted by atomic mass is 16.9. The molecule has 0 radical (unpaired) electrons. The van der Waals surface area contributed by atoms with Crippen LogP contribution >= 0.6 is 0 Å². The van der Waals surface area contributed by atoms with E-state index in [1.165, 1.54) is 38.5 Å². The minimum Gasteiger partial charge on any atom is -0.331 e. The van der Waals surface area contributed by atoms with Crippen molar-refractivity contribution in [2.75, 3.05) is 21.3 Å². The highest BCUT2D eigenvalue weighted by Crippen LogP contribution is 2.32. The molecule has 2 atom stereocenters. The maximum atomic E-state index is 5.90. The van der Waals surface area contributed by atoms with E-state index in [9.17, 15) is 0 Å². The average Bonchev–Trinajstić information content (AvgIpc) is 2.49. The molecule has 0 heterocycles. The average molecular weight is 303 g/mol. The van der Waals surface area contributed by atoms with Crippen LogP contribution in [0.4, 0.5) is 0 Å². The molecule has 0 bridgehead atoms. The monoisotopic (exact) mass is 303 g/mol. The van der Waals surface area contributed by atoms with Gasteiger partial charge < -0.3 is 19.9 Å². The van der Waals surface area contributed by atoms with Crippen LogP contribution in [-0.4, -0.2) is 33.3 Å². The molecule has 128 valence electrons. The van der Waals surface area contributed by atoms with Crippen molar-refractivity contribution >= 4 is 0 Å². The predicted octanol–water partition coefficient (Wildman–Crippen LogP) is 4.07. The second-order valence-electron chi connectivity index (χ2n) is 6.02. The standard InChI is InChI=1S/C17H37NO3/c1-6-7-8-9-10-11-12-16(14-13-15(2)18)17(19-3,20-4)21-5/h15-16H,6-14,18H2,1-5H3. The lowest BCUT2D eigenvalue weighted by atomic mass is 9.91. The van der Waals surface area contributed by atoms with E-state index in [-0.39, 0.29) is 12.0 Å². The Hall–Kier alpha value is -0.160. The Balaban J connectivity index is 4.37. The molecule has 0 saturated heterocycles. The SMILES string of the molecule is CCCCCCCCC(CCC(C)N)C(OC)(OC)OC. The minimum absolute atomic E-state index is 0.195. The van der Waals surface area contributed by atoms with E-state index in [0.29, 0.717) is 0 Å². The van der Waals surface area contributed by atoms with Crippen molar-refractivity contribution in [1.29, 1.82) is 0 Å². The molecule has 0 aliphatic carbocycles. The number of unbranched alkanes of at least 4 members (excludes halogenated alkanes) is 5. The van der Waals surface area contributed by atoms with Crippen LogP contribution < -0.4 is 5.73 Å². The molecule has 0 aromatic heterocycles. The van der Waals surface area contributed by atoms with Crippen LogP contribution in [0.2, 0.25) is 0 Å². The molecule has 0 rings (SSSR count). The maximum Gasteiger partial charge on any atom is 0.285 e. The first kappa shape index (κ1) is 20.8. The van der Waals surface area contributed by atoms with E-state index in [4.69, 9.17) is 19.9 Å². The zero-order valence-corrected chi connectivity index (χ0v) is 14.8. The van der Waals surface area contributed by atoms with Gasteiger partial charge in [-0.25, -0.2) is 0 Å². The number of nitrogens with two attached hydrogens (primary N) is 1. The van der Waals surface area contributed by atoms with Gasteiger partial charge in [-0.3, -0.25) is 0 Å². The van der Waals surface area contributed by atoms with Gasteiger partial charge in [-0.1, -0.05) is 45.4 Å². The fourth-order valence-electron chi connectivity index (χ4n) is 2.88. The molecule has 0 saturated carbocycles. The zero-order valence-electron chi connectivity index (χ0n) is 14.8. The first-order chi connectivity index (χ1) is 10.1. The third-order valence-electron chi connectivity index (χ3n) is 4.23. The molecule has 0 spiro atoms. The van der Waals surface area contributed by atoms with E-state index in [0.717, 1.165) is 19.3 Å². The quantitative estimate of drug-likeness (QED) is 0.388. The van der Waals surface area contributed by atoms with Gasteiger partial charge in [0.1, 0.15) is 0 Å². The first-order valence-electron chi connectivity index (χ1n) is 8.47. The molecular formula is C17H37NO3. The molecule has 4 nitrogen and oxygen atoms in total. The largest absolute Gasteiger partial charge is 0.331 e. The summed E-state index contributed by atoms with van der Waals surface area (Å²) < 4.78 is 16.6. The third-order valence-corrected chi connectivity index (χ3v) is 4.23. The molecule has 0 fully saturated rings. The van der Waals surface area contributed by atoms with Gasteiger partial charge >= 0.3 is 0 Å². The van der Waals surface area contributed by atoms with Gasteiger partial charge in [0, 0.05) is 33.3 Å². The summed E-state index contributed by atoms with van der Waals surface area (Å²) in [5, 5.41) is 0. The Morgan fingerprint density at radius 1 is 0.810 bits per heavy atom. The summed E-state index contributed by atoms with van der Waals surface area (Å²) in [4.78, 5) is 0. The van der Waals surface area contributed by atoms with E-state index in [2.05, 4.69) is 6.92 Å². The van der Waals surface area contributed by atoms with E-state index in [1.54, 1.807) is 21.3 Å². The summed E-state index contributed by atoms with van der Waals surface area (Å²) in [6.07, 6.45) is 10.7. The van der Waals surface area contributed by atoms with E-state index in [1.807, 2.05) is 6.92 Å². The van der Waals surface area contributed by atoms with Gasteiger partial charge in [-0.05, 0) is 26.2 Å². The van der Waals surface area contributed by atoms with Gasteiger partial charge in [-0.15, -0.1) is 0 Å². The fraction of sp³-hybridized carbons (Fsp3) is 1.00. The van der Waals surface area contributed by atoms with Crippen LogP contribution in [0.5, 0.6) is 0 Å². The lowest BCUT2D eigenvalue weighted by molar-refractivity contribution is -0.380. The van der Waals surface area contributed by atoms with Crippen LogP contribution in [0.25, 0.3) is 0 Å². The smallest absolute Gasteiger partial charge is 0.285 e. The normalized spacial score (nSPS) is 15.1. The summed E-state index contributed by atoms with van der Waals surface area (Å²) in [7, 11) is 4.94. The number of hydrogen-bond acceptors (Lipinski definition) is 4. The van der Waals surface area contributed by atoms with Crippen LogP contribution in [-0.2, 0) is 14.2 Å². The van der Waals surface area contributed by atoms with Crippen molar-refractivity contribution in [1.82, 2.24) is 0 Å². The van der Waals surface area contributed by atoms with Crippen LogP contribution in [0.3, 0.4) is 0 Å². The third kappa shape index (κ3) is 8.15. The Morgan fingerprint density at radius 3 is 1.81 bits per heavy atom. The zero-order chi connectivity index (χ0) is 16.1. The second-order valence-corrected chi connectivity index (χ2v) is 6.02. The lowest BCUT2D eigenvalue weighted by Gasteiger charge is -2.36. The summed E-state index contributed by atoms with van der Waals surface area (Å²) in [5.74, 6) is -0.715. The minimum atomic E-state index is -0.932. The Labute approximate surface area is 131 Å². The van der Waals surface area contributed by atoms with Crippen LogP contribution in [0.1, 0.15) is 71.6 Å². The number of methoxy groups -OCH3 is 3. The molecule has 2 N–H and O–H groups in total. The van der Waals surface area contributed by atoms with Crippen LogP contribution in [0, 0.1) is 5.92 Å². The first-order valence-corrected chi connectivity index (χ1v) is 8.47. The highest BCUT2D eigenvalue weighted by molar-refractivity contribution is 4.73. The highest BCUT2D eigenvalue weighted by Gasteiger charge is 2.39. The molecule has 4 heteroatoms. The number of hydrogen-bond donors (Lipinski definition) is 1. The van der Waals surface area contributed by atoms with Crippen molar-refractivity contribution in [2.24, 2.45) is 11.7 Å².